The van der Waals surface area contributed by atoms with Gasteiger partial charge in [-0.15, -0.1) is 0 Å². The van der Waals surface area contributed by atoms with E-state index in [4.69, 9.17) is 18.5 Å². The van der Waals surface area contributed by atoms with Gasteiger partial charge in [-0.1, -0.05) is 103 Å². The number of benzene rings is 1. The number of aryl methyl sites for hydroxylation is 1. The molecule has 1 aromatic rings. The molecule has 214 valence electrons. The minimum Gasteiger partial charge on any atom is -0.489 e. The summed E-state index contributed by atoms with van der Waals surface area (Å²) in [7, 11) is -2.02. The minimum atomic E-state index is -2.02. The Labute approximate surface area is 227 Å². The standard InChI is InChI=1S/C29H52NO6P/c1-3-5-6-7-8-9-10-11-12-13-14-15-19-27-20-16-17-21-29(27)33-24-28(34-26-31)25-36-37(32)35-23-18-22-30-4-2/h16-17,20-21,26,28,30,32H,3-15,18-19,22-25H2,1-2H3. The van der Waals surface area contributed by atoms with Crippen molar-refractivity contribution in [2.24, 2.45) is 0 Å². The highest BCUT2D eigenvalue weighted by atomic mass is 31.2. The summed E-state index contributed by atoms with van der Waals surface area (Å²) in [5.41, 5.74) is 1.16. The Balaban J connectivity index is 2.24. The van der Waals surface area contributed by atoms with Crippen LogP contribution in [0.3, 0.4) is 0 Å². The molecule has 0 radical (unpaired) electrons. The van der Waals surface area contributed by atoms with Crippen LogP contribution < -0.4 is 10.1 Å². The molecule has 2 unspecified atom stereocenters. The smallest absolute Gasteiger partial charge is 0.329 e. The molecule has 0 aliphatic rings. The molecule has 0 saturated heterocycles. The summed E-state index contributed by atoms with van der Waals surface area (Å²) in [4.78, 5) is 20.8. The van der Waals surface area contributed by atoms with Crippen molar-refractivity contribution in [3.05, 3.63) is 29.8 Å². The van der Waals surface area contributed by atoms with Crippen molar-refractivity contribution in [3.63, 3.8) is 0 Å². The van der Waals surface area contributed by atoms with E-state index in [-0.39, 0.29) is 13.2 Å². The molecule has 1 rings (SSSR count). The van der Waals surface area contributed by atoms with E-state index in [2.05, 4.69) is 18.3 Å². The fourth-order valence-corrected chi connectivity index (χ4v) is 4.75. The van der Waals surface area contributed by atoms with Crippen molar-refractivity contribution in [2.75, 3.05) is 32.9 Å². The third kappa shape index (κ3) is 19.5. The van der Waals surface area contributed by atoms with Gasteiger partial charge in [-0.25, -0.2) is 0 Å². The second-order valence-electron chi connectivity index (χ2n) is 9.49. The normalized spacial score (nSPS) is 12.8. The first-order valence-corrected chi connectivity index (χ1v) is 15.6. The molecule has 0 aliphatic carbocycles. The molecule has 37 heavy (non-hydrogen) atoms. The minimum absolute atomic E-state index is 0.00899. The van der Waals surface area contributed by atoms with Gasteiger partial charge in [0.2, 0.25) is 0 Å². The van der Waals surface area contributed by atoms with E-state index in [0.717, 1.165) is 43.7 Å². The van der Waals surface area contributed by atoms with Crippen LogP contribution in [0, 0.1) is 0 Å². The first-order valence-electron chi connectivity index (χ1n) is 14.5. The lowest BCUT2D eigenvalue weighted by Gasteiger charge is -2.19. The largest absolute Gasteiger partial charge is 0.489 e. The van der Waals surface area contributed by atoms with Crippen LogP contribution in [0.15, 0.2) is 24.3 Å². The monoisotopic (exact) mass is 541 g/mol. The first-order chi connectivity index (χ1) is 18.2. The van der Waals surface area contributed by atoms with Gasteiger partial charge in [0.25, 0.3) is 6.47 Å². The third-order valence-electron chi connectivity index (χ3n) is 6.27. The highest BCUT2D eigenvalue weighted by molar-refractivity contribution is 7.40. The Hall–Kier alpha value is -1.24. The maximum Gasteiger partial charge on any atom is 0.329 e. The van der Waals surface area contributed by atoms with Gasteiger partial charge >= 0.3 is 8.60 Å². The molecule has 0 bridgehead atoms. The number of carbonyl (C=O) groups excluding carboxylic acids is 1. The van der Waals surface area contributed by atoms with Crippen molar-refractivity contribution in [1.82, 2.24) is 5.32 Å². The van der Waals surface area contributed by atoms with Crippen molar-refractivity contribution in [2.45, 2.75) is 110 Å². The van der Waals surface area contributed by atoms with E-state index in [1.807, 2.05) is 25.1 Å². The van der Waals surface area contributed by atoms with Crippen LogP contribution in [0.5, 0.6) is 5.75 Å². The fourth-order valence-electron chi connectivity index (χ4n) is 4.10. The third-order valence-corrected chi connectivity index (χ3v) is 7.04. The summed E-state index contributed by atoms with van der Waals surface area (Å²) >= 11 is 0. The average Bonchev–Trinajstić information content (AvgIpc) is 2.91. The molecule has 0 amide bonds. The summed E-state index contributed by atoms with van der Waals surface area (Å²) in [6.45, 7) is 6.97. The molecule has 0 aromatic heterocycles. The van der Waals surface area contributed by atoms with Crippen LogP contribution in [-0.4, -0.2) is 50.4 Å². The summed E-state index contributed by atoms with van der Waals surface area (Å²) in [6.07, 6.45) is 17.1. The van der Waals surface area contributed by atoms with Gasteiger partial charge in [-0.2, -0.15) is 0 Å². The van der Waals surface area contributed by atoms with Crippen LogP contribution in [-0.2, 0) is 25.0 Å². The predicted octanol–water partition coefficient (Wildman–Crippen LogP) is 7.10. The maximum atomic E-state index is 10.9. The zero-order valence-electron chi connectivity index (χ0n) is 23.3. The van der Waals surface area contributed by atoms with Gasteiger partial charge in [0.1, 0.15) is 12.4 Å². The molecule has 2 atom stereocenters. The first kappa shape index (κ1) is 33.8. The molecule has 0 saturated carbocycles. The van der Waals surface area contributed by atoms with E-state index in [9.17, 15) is 9.69 Å². The van der Waals surface area contributed by atoms with Crippen molar-refractivity contribution in [1.29, 1.82) is 0 Å². The van der Waals surface area contributed by atoms with Crippen LogP contribution >= 0.6 is 8.60 Å². The lowest BCUT2D eigenvalue weighted by atomic mass is 10.0. The SMILES string of the molecule is CCCCCCCCCCCCCCc1ccccc1OCC(COP(O)OCCCNCC)OC=O. The number of unbranched alkanes of at least 4 members (excludes halogenated alkanes) is 11. The van der Waals surface area contributed by atoms with Crippen LogP contribution in [0.2, 0.25) is 0 Å². The molecule has 2 N–H and O–H groups in total. The van der Waals surface area contributed by atoms with E-state index in [1.54, 1.807) is 0 Å². The second-order valence-corrected chi connectivity index (χ2v) is 10.5. The van der Waals surface area contributed by atoms with Crippen molar-refractivity contribution >= 4 is 15.1 Å². The molecule has 0 spiro atoms. The van der Waals surface area contributed by atoms with Gasteiger partial charge < -0.3 is 28.7 Å². The lowest BCUT2D eigenvalue weighted by Crippen LogP contribution is -2.26. The van der Waals surface area contributed by atoms with Crippen molar-refractivity contribution < 1.29 is 28.2 Å². The van der Waals surface area contributed by atoms with Gasteiger partial charge in [0, 0.05) is 0 Å². The molecule has 1 aromatic carbocycles. The second kappa shape index (κ2) is 25.1. The fraction of sp³-hybridized carbons (Fsp3) is 0.759. The van der Waals surface area contributed by atoms with E-state index in [1.165, 1.54) is 70.6 Å². The quantitative estimate of drug-likeness (QED) is 0.0698. The topological polar surface area (TPSA) is 86.2 Å². The highest BCUT2D eigenvalue weighted by Crippen LogP contribution is 2.33. The Kier molecular flexibility index (Phi) is 22.9. The number of hydrogen-bond donors (Lipinski definition) is 2. The molecule has 0 aliphatic heterocycles. The number of rotatable bonds is 27. The zero-order chi connectivity index (χ0) is 26.8. The van der Waals surface area contributed by atoms with Crippen LogP contribution in [0.1, 0.15) is 103 Å². The van der Waals surface area contributed by atoms with Crippen LogP contribution in [0.25, 0.3) is 0 Å². The Morgan fingerprint density at radius 1 is 0.865 bits per heavy atom. The Morgan fingerprint density at radius 3 is 2.16 bits per heavy atom. The zero-order valence-corrected chi connectivity index (χ0v) is 24.2. The van der Waals surface area contributed by atoms with Gasteiger partial charge in [-0.05, 0) is 44.0 Å². The number of nitrogens with one attached hydrogen (secondary N) is 1. The summed E-state index contributed by atoms with van der Waals surface area (Å²) in [5.74, 6) is 0.802. The highest BCUT2D eigenvalue weighted by Gasteiger charge is 2.16. The molecule has 7 nitrogen and oxygen atoms in total. The van der Waals surface area contributed by atoms with Gasteiger partial charge in [0.15, 0.2) is 6.10 Å². The molecule has 0 fully saturated rings. The maximum absolute atomic E-state index is 10.9. The van der Waals surface area contributed by atoms with Gasteiger partial charge in [0.05, 0.1) is 13.2 Å². The lowest BCUT2D eigenvalue weighted by molar-refractivity contribution is -0.136. The van der Waals surface area contributed by atoms with Crippen molar-refractivity contribution in [3.8, 4) is 5.75 Å². The van der Waals surface area contributed by atoms with E-state index < -0.39 is 14.7 Å². The number of hydrogen-bond acceptors (Lipinski definition) is 7. The average molecular weight is 542 g/mol. The summed E-state index contributed by atoms with van der Waals surface area (Å²) in [5, 5.41) is 3.19. The molecule has 0 heterocycles. The Morgan fingerprint density at radius 2 is 1.51 bits per heavy atom. The van der Waals surface area contributed by atoms with E-state index >= 15 is 0 Å². The number of carbonyl (C=O) groups is 1. The number of ether oxygens (including phenoxy) is 2. The van der Waals surface area contributed by atoms with Gasteiger partial charge in [-0.3, -0.25) is 4.79 Å². The molecular weight excluding hydrogens is 489 g/mol. The van der Waals surface area contributed by atoms with E-state index in [0.29, 0.717) is 13.1 Å². The number of para-hydroxylation sites is 1. The summed E-state index contributed by atoms with van der Waals surface area (Å²) < 4.78 is 21.7. The summed E-state index contributed by atoms with van der Waals surface area (Å²) in [6, 6.07) is 8.01. The predicted molar refractivity (Wildman–Crippen MR) is 152 cm³/mol. The Bertz CT molecular complexity index is 651. The molecule has 8 heteroatoms. The molecular formula is C29H52NO6P. The van der Waals surface area contributed by atoms with Crippen LogP contribution in [0.4, 0.5) is 0 Å².